The van der Waals surface area contributed by atoms with Crippen LogP contribution in [0.3, 0.4) is 0 Å². The molecule has 0 bridgehead atoms. The molecule has 182 valence electrons. The van der Waals surface area contributed by atoms with E-state index in [1.807, 2.05) is 16.0 Å². The van der Waals surface area contributed by atoms with Gasteiger partial charge in [-0.05, 0) is 56.0 Å². The fourth-order valence-corrected chi connectivity index (χ4v) is 6.80. The third-order valence-electron chi connectivity index (χ3n) is 7.35. The smallest absolute Gasteiger partial charge is 0.324 e. The lowest BCUT2D eigenvalue weighted by Crippen LogP contribution is -2.44. The van der Waals surface area contributed by atoms with Crippen molar-refractivity contribution in [1.29, 1.82) is 0 Å². The summed E-state index contributed by atoms with van der Waals surface area (Å²) in [4.78, 5) is 35.7. The van der Waals surface area contributed by atoms with E-state index in [1.54, 1.807) is 23.5 Å². The van der Waals surface area contributed by atoms with Crippen molar-refractivity contribution in [2.45, 2.75) is 43.7 Å². The van der Waals surface area contributed by atoms with Crippen LogP contribution >= 0.6 is 34.3 Å². The maximum atomic E-state index is 13.2. The molecule has 3 fully saturated rings. The maximum Gasteiger partial charge on any atom is 0.324 e. The monoisotopic (exact) mass is 527 g/mol. The SMILES string of the molecule is Cc1cnc(NCC2(c3ccc(N4C[C@@H]5[C@H](NC(=O)c6ccc(Cl)s6)CCN5C4=O)cc3)CC2)s1. The number of amides is 3. The standard InChI is InChI=1S/C25H26ClN5O2S2/c1-15-12-27-23(34-15)28-14-25(9-10-25)16-2-4-17(5-3-16)31-13-19-18(8-11-30(19)24(31)33)29-22(32)20-6-7-21(26)35-20/h2-7,12,18-19H,8-11,13-14H2,1H3,(H,27,28)(H,29,32)/t18-,19-/m1/s1. The Kier molecular flexibility index (Phi) is 5.74. The largest absolute Gasteiger partial charge is 0.361 e. The highest BCUT2D eigenvalue weighted by Gasteiger charge is 2.47. The molecule has 1 aliphatic carbocycles. The zero-order chi connectivity index (χ0) is 24.2. The normalized spacial score (nSPS) is 22.4. The fraction of sp³-hybridized carbons (Fsp3) is 0.400. The second-order valence-corrected chi connectivity index (χ2v) is 12.5. The minimum Gasteiger partial charge on any atom is -0.361 e. The second kappa shape index (κ2) is 8.80. The van der Waals surface area contributed by atoms with Crippen molar-refractivity contribution in [2.75, 3.05) is 29.9 Å². The number of carbonyl (C=O) groups excluding carboxylic acids is 2. The van der Waals surface area contributed by atoms with Crippen LogP contribution in [0.5, 0.6) is 0 Å². The molecule has 10 heteroatoms. The van der Waals surface area contributed by atoms with E-state index in [0.29, 0.717) is 22.3 Å². The van der Waals surface area contributed by atoms with E-state index in [4.69, 9.17) is 11.6 Å². The van der Waals surface area contributed by atoms with Crippen LogP contribution in [-0.4, -0.2) is 53.5 Å². The highest BCUT2D eigenvalue weighted by molar-refractivity contribution is 7.18. The van der Waals surface area contributed by atoms with Crippen LogP contribution < -0.4 is 15.5 Å². The number of anilines is 2. The highest BCUT2D eigenvalue weighted by Crippen LogP contribution is 2.48. The molecular weight excluding hydrogens is 502 g/mol. The van der Waals surface area contributed by atoms with E-state index < -0.39 is 0 Å². The summed E-state index contributed by atoms with van der Waals surface area (Å²) in [6.07, 6.45) is 4.97. The van der Waals surface area contributed by atoms with Crippen molar-refractivity contribution >= 4 is 57.0 Å². The summed E-state index contributed by atoms with van der Waals surface area (Å²) >= 11 is 8.93. The molecule has 0 radical (unpaired) electrons. The van der Waals surface area contributed by atoms with Gasteiger partial charge in [0, 0.05) is 35.3 Å². The van der Waals surface area contributed by atoms with Gasteiger partial charge in [-0.1, -0.05) is 23.7 Å². The molecule has 2 N–H and O–H groups in total. The molecule has 2 aliphatic heterocycles. The second-order valence-electron chi connectivity index (χ2n) is 9.58. The minimum absolute atomic E-state index is 0.0145. The van der Waals surface area contributed by atoms with E-state index in [0.717, 1.165) is 36.6 Å². The molecule has 1 aromatic carbocycles. The summed E-state index contributed by atoms with van der Waals surface area (Å²) < 4.78 is 0.593. The van der Waals surface area contributed by atoms with E-state index in [-0.39, 0.29) is 29.4 Å². The van der Waals surface area contributed by atoms with Crippen molar-refractivity contribution < 1.29 is 9.59 Å². The van der Waals surface area contributed by atoms with Crippen LogP contribution in [0.15, 0.2) is 42.6 Å². The molecule has 4 heterocycles. The number of aryl methyl sites for hydroxylation is 1. The Labute approximate surface area is 217 Å². The van der Waals surface area contributed by atoms with Crippen LogP contribution in [0.1, 0.15) is 39.4 Å². The number of rotatable bonds is 7. The molecule has 3 aliphatic rings. The molecule has 3 amide bonds. The zero-order valence-corrected chi connectivity index (χ0v) is 21.7. The van der Waals surface area contributed by atoms with E-state index in [1.165, 1.54) is 21.8 Å². The number of thiophene rings is 1. The first-order chi connectivity index (χ1) is 16.9. The highest BCUT2D eigenvalue weighted by atomic mass is 35.5. The molecule has 1 saturated carbocycles. The van der Waals surface area contributed by atoms with Gasteiger partial charge >= 0.3 is 6.03 Å². The third kappa shape index (κ3) is 4.30. The first-order valence-corrected chi connectivity index (χ1v) is 13.8. The van der Waals surface area contributed by atoms with Gasteiger partial charge in [0.05, 0.1) is 27.8 Å². The lowest BCUT2D eigenvalue weighted by Gasteiger charge is -2.21. The molecule has 2 saturated heterocycles. The number of halogens is 1. The average Bonchev–Trinajstić information content (AvgIpc) is 3.17. The number of hydrogen-bond acceptors (Lipinski definition) is 6. The summed E-state index contributed by atoms with van der Waals surface area (Å²) in [7, 11) is 0. The molecule has 6 rings (SSSR count). The summed E-state index contributed by atoms with van der Waals surface area (Å²) in [5.41, 5.74) is 2.35. The van der Waals surface area contributed by atoms with Crippen molar-refractivity contribution in [1.82, 2.24) is 15.2 Å². The van der Waals surface area contributed by atoms with Crippen molar-refractivity contribution in [2.24, 2.45) is 0 Å². The molecule has 35 heavy (non-hydrogen) atoms. The maximum absolute atomic E-state index is 13.2. The summed E-state index contributed by atoms with van der Waals surface area (Å²) in [5, 5.41) is 7.59. The number of fused-ring (bicyclic) bond motifs is 1. The van der Waals surface area contributed by atoms with Crippen LogP contribution in [0, 0.1) is 6.92 Å². The molecule has 0 unspecified atom stereocenters. The van der Waals surface area contributed by atoms with Crippen molar-refractivity contribution in [3.8, 4) is 0 Å². The van der Waals surface area contributed by atoms with E-state index in [2.05, 4.69) is 46.8 Å². The Morgan fingerprint density at radius 2 is 2.00 bits per heavy atom. The number of thiazole rings is 1. The molecular formula is C25H26ClN5O2S2. The first-order valence-electron chi connectivity index (χ1n) is 11.8. The number of aromatic nitrogens is 1. The molecule has 2 atom stereocenters. The lowest BCUT2D eigenvalue weighted by atomic mass is 9.95. The Morgan fingerprint density at radius 3 is 2.66 bits per heavy atom. The summed E-state index contributed by atoms with van der Waals surface area (Å²) in [5.74, 6) is -0.125. The molecule has 2 aromatic heterocycles. The van der Waals surface area contributed by atoms with Gasteiger partial charge in [0.1, 0.15) is 0 Å². The molecule has 7 nitrogen and oxygen atoms in total. The number of benzene rings is 1. The molecule has 3 aromatic rings. The van der Waals surface area contributed by atoms with Gasteiger partial charge in [0.25, 0.3) is 5.91 Å². The number of carbonyl (C=O) groups is 2. The van der Waals surface area contributed by atoms with Crippen LogP contribution in [-0.2, 0) is 5.41 Å². The zero-order valence-electron chi connectivity index (χ0n) is 19.3. The van der Waals surface area contributed by atoms with Gasteiger partial charge in [0.2, 0.25) is 0 Å². The predicted molar refractivity (Wildman–Crippen MR) is 141 cm³/mol. The first kappa shape index (κ1) is 22.8. The predicted octanol–water partition coefficient (Wildman–Crippen LogP) is 5.12. The van der Waals surface area contributed by atoms with Gasteiger partial charge in [-0.2, -0.15) is 0 Å². The summed E-state index contributed by atoms with van der Waals surface area (Å²) in [6.45, 7) is 4.16. The third-order valence-corrected chi connectivity index (χ3v) is 9.45. The fourth-order valence-electron chi connectivity index (χ4n) is 5.19. The van der Waals surface area contributed by atoms with Gasteiger partial charge in [-0.15, -0.1) is 22.7 Å². The number of nitrogens with one attached hydrogen (secondary N) is 2. The van der Waals surface area contributed by atoms with E-state index in [9.17, 15) is 9.59 Å². The van der Waals surface area contributed by atoms with Crippen LogP contribution in [0.2, 0.25) is 4.34 Å². The summed E-state index contributed by atoms with van der Waals surface area (Å²) in [6, 6.07) is 11.8. The van der Waals surface area contributed by atoms with Gasteiger partial charge in [0.15, 0.2) is 5.13 Å². The lowest BCUT2D eigenvalue weighted by molar-refractivity contribution is 0.0935. The Hall–Kier alpha value is -2.62. The Balaban J connectivity index is 1.11. The number of urea groups is 1. The number of nitrogens with zero attached hydrogens (tertiary/aromatic N) is 3. The van der Waals surface area contributed by atoms with Gasteiger partial charge in [-0.3, -0.25) is 9.69 Å². The average molecular weight is 528 g/mol. The quantitative estimate of drug-likeness (QED) is 0.447. The van der Waals surface area contributed by atoms with Gasteiger partial charge < -0.3 is 15.5 Å². The van der Waals surface area contributed by atoms with E-state index >= 15 is 0 Å². The van der Waals surface area contributed by atoms with Gasteiger partial charge in [-0.25, -0.2) is 9.78 Å². The van der Waals surface area contributed by atoms with Crippen molar-refractivity contribution in [3.63, 3.8) is 0 Å². The van der Waals surface area contributed by atoms with Crippen LogP contribution in [0.25, 0.3) is 0 Å². The number of hydrogen-bond donors (Lipinski definition) is 2. The Morgan fingerprint density at radius 1 is 1.20 bits per heavy atom. The van der Waals surface area contributed by atoms with Crippen LogP contribution in [0.4, 0.5) is 15.6 Å². The molecule has 0 spiro atoms. The van der Waals surface area contributed by atoms with Crippen molar-refractivity contribution in [3.05, 3.63) is 62.2 Å². The topological polar surface area (TPSA) is 77.6 Å². The minimum atomic E-state index is -0.125. The Bertz CT molecular complexity index is 1270.